The summed E-state index contributed by atoms with van der Waals surface area (Å²) in [6, 6.07) is 0. The zero-order valence-corrected chi connectivity index (χ0v) is 11.9. The Morgan fingerprint density at radius 3 is 2.79 bits per heavy atom. The number of carbonyl (C=O) groups is 1. The molecule has 0 aromatic carbocycles. The molecule has 3 N–H and O–H groups in total. The molecule has 7 heteroatoms. The summed E-state index contributed by atoms with van der Waals surface area (Å²) < 4.78 is 4.90. The van der Waals surface area contributed by atoms with Gasteiger partial charge in [-0.1, -0.05) is 13.8 Å². The van der Waals surface area contributed by atoms with Gasteiger partial charge in [0.2, 0.25) is 5.82 Å². The Kier molecular flexibility index (Phi) is 5.44. The molecule has 0 aliphatic heterocycles. The summed E-state index contributed by atoms with van der Waals surface area (Å²) in [6.07, 6.45) is 0.440. The van der Waals surface area contributed by atoms with E-state index in [0.717, 1.165) is 0 Å². The van der Waals surface area contributed by atoms with Crippen LogP contribution in [0.15, 0.2) is 0 Å². The summed E-state index contributed by atoms with van der Waals surface area (Å²) in [5, 5.41) is 19.2. The number of aromatic amines is 1. The van der Waals surface area contributed by atoms with E-state index in [-0.39, 0.29) is 18.3 Å². The van der Waals surface area contributed by atoms with Gasteiger partial charge < -0.3 is 15.2 Å². The summed E-state index contributed by atoms with van der Waals surface area (Å²) in [5.41, 5.74) is -1.01. The summed E-state index contributed by atoms with van der Waals surface area (Å²) in [5.74, 6) is 0.530. The minimum absolute atomic E-state index is 0.0891. The van der Waals surface area contributed by atoms with Gasteiger partial charge in [0.05, 0.1) is 5.60 Å². The van der Waals surface area contributed by atoms with Gasteiger partial charge in [-0.05, 0) is 6.92 Å². The molecule has 1 heterocycles. The van der Waals surface area contributed by atoms with Crippen LogP contribution in [0.5, 0.6) is 0 Å². The average Bonchev–Trinajstić information content (AvgIpc) is 2.83. The highest BCUT2D eigenvalue weighted by molar-refractivity contribution is 5.90. The number of methoxy groups -OCH3 is 1. The van der Waals surface area contributed by atoms with E-state index < -0.39 is 11.5 Å². The molecular weight excluding hydrogens is 248 g/mol. The van der Waals surface area contributed by atoms with Crippen LogP contribution in [0.25, 0.3) is 0 Å². The average molecular weight is 270 g/mol. The minimum Gasteiger partial charge on any atom is -0.388 e. The second-order valence-corrected chi connectivity index (χ2v) is 5.12. The number of H-pyrrole nitrogens is 1. The molecule has 1 unspecified atom stereocenters. The van der Waals surface area contributed by atoms with E-state index in [1.165, 1.54) is 0 Å². The molecule has 0 aliphatic rings. The molecule has 0 aliphatic carbocycles. The predicted octanol–water partition coefficient (Wildman–Crippen LogP) is 0.445. The van der Waals surface area contributed by atoms with Crippen molar-refractivity contribution in [3.8, 4) is 0 Å². The van der Waals surface area contributed by atoms with Gasteiger partial charge in [-0.15, -0.1) is 5.10 Å². The Labute approximate surface area is 112 Å². The van der Waals surface area contributed by atoms with Crippen molar-refractivity contribution in [1.82, 2.24) is 20.5 Å². The molecule has 1 atom stereocenters. The molecule has 0 fully saturated rings. The van der Waals surface area contributed by atoms with Crippen LogP contribution in [-0.4, -0.2) is 52.1 Å². The number of aliphatic hydroxyl groups is 1. The molecule has 0 spiro atoms. The van der Waals surface area contributed by atoms with Crippen molar-refractivity contribution in [3.05, 3.63) is 11.6 Å². The van der Waals surface area contributed by atoms with E-state index in [9.17, 15) is 9.90 Å². The maximum Gasteiger partial charge on any atom is 0.291 e. The first-order valence-corrected chi connectivity index (χ1v) is 6.27. The number of rotatable bonds is 7. The number of ether oxygens (including phenoxy) is 1. The van der Waals surface area contributed by atoms with E-state index in [0.29, 0.717) is 18.9 Å². The van der Waals surface area contributed by atoms with Gasteiger partial charge in [0.15, 0.2) is 0 Å². The normalized spacial score (nSPS) is 14.4. The Bertz CT molecular complexity index is 415. The van der Waals surface area contributed by atoms with Crippen molar-refractivity contribution in [3.63, 3.8) is 0 Å². The minimum atomic E-state index is -1.01. The third-order valence-electron chi connectivity index (χ3n) is 2.73. The molecule has 1 aromatic rings. The largest absolute Gasteiger partial charge is 0.388 e. The van der Waals surface area contributed by atoms with Crippen LogP contribution in [0.3, 0.4) is 0 Å². The number of carbonyl (C=O) groups excluding carboxylic acids is 1. The molecule has 19 heavy (non-hydrogen) atoms. The predicted molar refractivity (Wildman–Crippen MR) is 69.9 cm³/mol. The lowest BCUT2D eigenvalue weighted by atomic mass is 10.0. The number of aromatic nitrogens is 3. The summed E-state index contributed by atoms with van der Waals surface area (Å²) in [4.78, 5) is 15.9. The Hall–Kier alpha value is -1.47. The van der Waals surface area contributed by atoms with Crippen LogP contribution in [0.1, 0.15) is 49.6 Å². The maximum absolute atomic E-state index is 11.8. The molecule has 0 saturated carbocycles. The van der Waals surface area contributed by atoms with E-state index in [1.54, 1.807) is 14.0 Å². The maximum atomic E-state index is 11.8. The highest BCUT2D eigenvalue weighted by Crippen LogP contribution is 2.09. The summed E-state index contributed by atoms with van der Waals surface area (Å²) in [7, 11) is 1.57. The summed E-state index contributed by atoms with van der Waals surface area (Å²) >= 11 is 0. The van der Waals surface area contributed by atoms with Crippen LogP contribution in [0, 0.1) is 0 Å². The molecule has 0 radical (unpaired) electrons. The number of hydrogen-bond donors (Lipinski definition) is 3. The van der Waals surface area contributed by atoms with E-state index in [4.69, 9.17) is 4.74 Å². The number of nitrogens with zero attached hydrogens (tertiary/aromatic N) is 2. The third-order valence-corrected chi connectivity index (χ3v) is 2.73. The van der Waals surface area contributed by atoms with Crippen LogP contribution in [-0.2, 0) is 4.74 Å². The van der Waals surface area contributed by atoms with Gasteiger partial charge in [-0.2, -0.15) is 0 Å². The van der Waals surface area contributed by atoms with Crippen LogP contribution < -0.4 is 5.32 Å². The lowest BCUT2D eigenvalue weighted by molar-refractivity contribution is 0.0242. The quantitative estimate of drug-likeness (QED) is 0.667. The van der Waals surface area contributed by atoms with E-state index in [2.05, 4.69) is 20.5 Å². The standard InChI is InChI=1S/C12H22N4O3/c1-8(2)9-14-10(16-15-9)11(17)13-7-12(3,18)5-6-19-4/h8,18H,5-7H2,1-4H3,(H,13,17)(H,14,15,16). The van der Waals surface area contributed by atoms with Gasteiger partial charge in [0.25, 0.3) is 5.91 Å². The molecule has 7 nitrogen and oxygen atoms in total. The van der Waals surface area contributed by atoms with Gasteiger partial charge in [0.1, 0.15) is 5.82 Å². The second kappa shape index (κ2) is 6.63. The third kappa shape index (κ3) is 4.96. The monoisotopic (exact) mass is 270 g/mol. The number of hydrogen-bond acceptors (Lipinski definition) is 5. The Balaban J connectivity index is 2.50. The van der Waals surface area contributed by atoms with Crippen molar-refractivity contribution < 1.29 is 14.6 Å². The molecule has 0 bridgehead atoms. The highest BCUT2D eigenvalue weighted by atomic mass is 16.5. The fourth-order valence-corrected chi connectivity index (χ4v) is 1.39. The fraction of sp³-hybridized carbons (Fsp3) is 0.750. The zero-order valence-electron chi connectivity index (χ0n) is 11.9. The lowest BCUT2D eigenvalue weighted by Crippen LogP contribution is -2.41. The van der Waals surface area contributed by atoms with Gasteiger partial charge in [0, 0.05) is 32.6 Å². The first kappa shape index (κ1) is 15.6. The fourth-order valence-electron chi connectivity index (χ4n) is 1.39. The van der Waals surface area contributed by atoms with Crippen molar-refractivity contribution in [2.75, 3.05) is 20.3 Å². The van der Waals surface area contributed by atoms with Crippen LogP contribution in [0.2, 0.25) is 0 Å². The lowest BCUT2D eigenvalue weighted by Gasteiger charge is -2.22. The molecule has 1 aromatic heterocycles. The van der Waals surface area contributed by atoms with Crippen LogP contribution in [0.4, 0.5) is 0 Å². The molecule has 1 rings (SSSR count). The smallest absolute Gasteiger partial charge is 0.291 e. The van der Waals surface area contributed by atoms with Gasteiger partial charge in [-0.3, -0.25) is 9.89 Å². The Morgan fingerprint density at radius 2 is 2.26 bits per heavy atom. The van der Waals surface area contributed by atoms with Crippen molar-refractivity contribution in [1.29, 1.82) is 0 Å². The Morgan fingerprint density at radius 1 is 1.58 bits per heavy atom. The molecular formula is C12H22N4O3. The highest BCUT2D eigenvalue weighted by Gasteiger charge is 2.22. The first-order chi connectivity index (χ1) is 8.85. The topological polar surface area (TPSA) is 100 Å². The first-order valence-electron chi connectivity index (χ1n) is 6.27. The molecule has 108 valence electrons. The van der Waals surface area contributed by atoms with Crippen LogP contribution >= 0.6 is 0 Å². The number of nitrogens with one attached hydrogen (secondary N) is 2. The van der Waals surface area contributed by atoms with Crippen molar-refractivity contribution in [2.45, 2.75) is 38.7 Å². The zero-order chi connectivity index (χ0) is 14.5. The molecule has 1 amide bonds. The number of amides is 1. The van der Waals surface area contributed by atoms with Gasteiger partial charge in [-0.25, -0.2) is 4.98 Å². The summed E-state index contributed by atoms with van der Waals surface area (Å²) in [6.45, 7) is 6.11. The van der Waals surface area contributed by atoms with Gasteiger partial charge >= 0.3 is 0 Å². The SMILES string of the molecule is COCCC(C)(O)CNC(=O)c1n[nH]c(C(C)C)n1. The second-order valence-electron chi connectivity index (χ2n) is 5.12. The van der Waals surface area contributed by atoms with Crippen molar-refractivity contribution >= 4 is 5.91 Å². The van der Waals surface area contributed by atoms with E-state index >= 15 is 0 Å². The van der Waals surface area contributed by atoms with E-state index in [1.807, 2.05) is 13.8 Å². The van der Waals surface area contributed by atoms with Crippen molar-refractivity contribution in [2.24, 2.45) is 0 Å². The molecule has 0 saturated heterocycles.